The smallest absolute Gasteiger partial charge is 0.456 e. The number of rotatable bonds is 5. The quantitative estimate of drug-likeness (QED) is 0.301. The first kappa shape index (κ1) is 19.5. The molecule has 134 valence electrons. The Bertz CT molecular complexity index is 876. The van der Waals surface area contributed by atoms with Gasteiger partial charge >= 0.3 is 21.3 Å². The Morgan fingerprint density at radius 1 is 1.12 bits per heavy atom. The van der Waals surface area contributed by atoms with Crippen LogP contribution in [0, 0.1) is 10.5 Å². The van der Waals surface area contributed by atoms with Gasteiger partial charge in [-0.2, -0.15) is 17.2 Å². The molecule has 10 heteroatoms. The van der Waals surface area contributed by atoms with Crippen LogP contribution in [0.15, 0.2) is 42.5 Å². The zero-order valence-electron chi connectivity index (χ0n) is 12.6. The molecule has 0 aliphatic carbocycles. The van der Waals surface area contributed by atoms with Crippen molar-refractivity contribution in [2.45, 2.75) is 12.2 Å². The molecule has 2 aromatic carbocycles. The SMILES string of the molecule is Cc1cccc(I)c1Oc1ccc(OC(=O)C(F)(F)S(=O)(=O)O)cc1. The van der Waals surface area contributed by atoms with E-state index in [1.54, 1.807) is 0 Å². The van der Waals surface area contributed by atoms with Gasteiger partial charge in [-0.25, -0.2) is 4.79 Å². The summed E-state index contributed by atoms with van der Waals surface area (Å²) in [5, 5.41) is -5.06. The van der Waals surface area contributed by atoms with E-state index in [0.29, 0.717) is 11.5 Å². The summed E-state index contributed by atoms with van der Waals surface area (Å²) in [6.45, 7) is 1.85. The number of halogens is 3. The number of carbonyl (C=O) groups excluding carboxylic acids is 1. The molecular formula is C15H11F2IO6S. The van der Waals surface area contributed by atoms with Gasteiger partial charge in [0.2, 0.25) is 0 Å². The summed E-state index contributed by atoms with van der Waals surface area (Å²) >= 11 is 2.09. The fraction of sp³-hybridized carbons (Fsp3) is 0.133. The fourth-order valence-electron chi connectivity index (χ4n) is 1.71. The van der Waals surface area contributed by atoms with Gasteiger partial charge in [0.25, 0.3) is 0 Å². The molecule has 6 nitrogen and oxygen atoms in total. The fourth-order valence-corrected chi connectivity index (χ4v) is 2.71. The van der Waals surface area contributed by atoms with E-state index in [9.17, 15) is 22.0 Å². The summed E-state index contributed by atoms with van der Waals surface area (Å²) in [5.74, 6) is -1.77. The highest BCUT2D eigenvalue weighted by Gasteiger charge is 2.54. The van der Waals surface area contributed by atoms with E-state index in [1.165, 1.54) is 12.1 Å². The van der Waals surface area contributed by atoms with E-state index in [-0.39, 0.29) is 5.75 Å². The second-order valence-corrected chi connectivity index (χ2v) is 7.47. The van der Waals surface area contributed by atoms with Gasteiger partial charge in [-0.1, -0.05) is 12.1 Å². The third-order valence-electron chi connectivity index (χ3n) is 2.98. The largest absolute Gasteiger partial charge is 0.466 e. The number of hydrogen-bond acceptors (Lipinski definition) is 5. The molecule has 0 heterocycles. The molecule has 0 radical (unpaired) electrons. The normalized spacial score (nSPS) is 11.9. The maximum absolute atomic E-state index is 13.1. The molecule has 0 atom stereocenters. The Balaban J connectivity index is 2.14. The van der Waals surface area contributed by atoms with Crippen LogP contribution in [-0.4, -0.2) is 24.2 Å². The van der Waals surface area contributed by atoms with Gasteiger partial charge in [-0.15, -0.1) is 0 Å². The number of benzene rings is 2. The highest BCUT2D eigenvalue weighted by atomic mass is 127. The first-order valence-corrected chi connectivity index (χ1v) is 9.14. The highest BCUT2D eigenvalue weighted by molar-refractivity contribution is 14.1. The van der Waals surface area contributed by atoms with Crippen LogP contribution in [0.4, 0.5) is 8.78 Å². The van der Waals surface area contributed by atoms with Crippen LogP contribution in [0.3, 0.4) is 0 Å². The van der Waals surface area contributed by atoms with Crippen molar-refractivity contribution in [1.82, 2.24) is 0 Å². The van der Waals surface area contributed by atoms with E-state index in [4.69, 9.17) is 9.29 Å². The van der Waals surface area contributed by atoms with Crippen LogP contribution in [0.1, 0.15) is 5.56 Å². The molecule has 0 bridgehead atoms. The van der Waals surface area contributed by atoms with Crippen molar-refractivity contribution in [3.8, 4) is 17.2 Å². The molecule has 0 saturated carbocycles. The number of aryl methyl sites for hydroxylation is 1. The predicted octanol–water partition coefficient (Wildman–Crippen LogP) is 3.78. The van der Waals surface area contributed by atoms with Crippen molar-refractivity contribution in [3.63, 3.8) is 0 Å². The number of hydrogen-bond donors (Lipinski definition) is 1. The molecule has 0 spiro atoms. The van der Waals surface area contributed by atoms with Crippen LogP contribution in [0.2, 0.25) is 0 Å². The van der Waals surface area contributed by atoms with Crippen molar-refractivity contribution in [2.24, 2.45) is 0 Å². The Morgan fingerprint density at radius 3 is 2.20 bits per heavy atom. The van der Waals surface area contributed by atoms with Gasteiger partial charge in [0.05, 0.1) is 3.57 Å². The van der Waals surface area contributed by atoms with Crippen LogP contribution < -0.4 is 9.47 Å². The van der Waals surface area contributed by atoms with Crippen LogP contribution in [0.5, 0.6) is 17.2 Å². The number of para-hydroxylation sites is 1. The second-order valence-electron chi connectivity index (χ2n) is 4.84. The topological polar surface area (TPSA) is 89.9 Å². The van der Waals surface area contributed by atoms with Crippen molar-refractivity contribution >= 4 is 38.7 Å². The molecular weight excluding hydrogens is 473 g/mol. The minimum Gasteiger partial charge on any atom is -0.456 e. The lowest BCUT2D eigenvalue weighted by Crippen LogP contribution is -2.40. The summed E-state index contributed by atoms with van der Waals surface area (Å²) in [6, 6.07) is 10.6. The van der Waals surface area contributed by atoms with Gasteiger partial charge in [0.15, 0.2) is 0 Å². The van der Waals surface area contributed by atoms with Crippen LogP contribution in [0.25, 0.3) is 0 Å². The number of ether oxygens (including phenoxy) is 2. The molecule has 0 amide bonds. The lowest BCUT2D eigenvalue weighted by Gasteiger charge is -2.13. The second kappa shape index (κ2) is 7.22. The van der Waals surface area contributed by atoms with Gasteiger partial charge in [-0.05, 0) is 65.4 Å². The third kappa shape index (κ3) is 4.44. The monoisotopic (exact) mass is 484 g/mol. The highest BCUT2D eigenvalue weighted by Crippen LogP contribution is 2.31. The molecule has 2 aromatic rings. The van der Waals surface area contributed by atoms with Gasteiger partial charge in [0, 0.05) is 0 Å². The van der Waals surface area contributed by atoms with E-state index >= 15 is 0 Å². The standard InChI is InChI=1S/C15H11F2IO6S/c1-9-3-2-4-12(18)13(9)23-10-5-7-11(8-6-10)24-14(19)15(16,17)25(20,21)22/h2-8H,1H3,(H,20,21,22). The lowest BCUT2D eigenvalue weighted by molar-refractivity contribution is -0.151. The number of alkyl halides is 2. The summed E-state index contributed by atoms with van der Waals surface area (Å²) < 4.78 is 66.4. The Morgan fingerprint density at radius 2 is 1.68 bits per heavy atom. The molecule has 2 rings (SSSR count). The molecule has 0 aliphatic heterocycles. The van der Waals surface area contributed by atoms with Crippen molar-refractivity contribution in [3.05, 3.63) is 51.6 Å². The van der Waals surface area contributed by atoms with E-state index in [0.717, 1.165) is 21.3 Å². The van der Waals surface area contributed by atoms with E-state index in [2.05, 4.69) is 27.3 Å². The number of carbonyl (C=O) groups is 1. The van der Waals surface area contributed by atoms with E-state index in [1.807, 2.05) is 25.1 Å². The summed E-state index contributed by atoms with van der Waals surface area (Å²) in [7, 11) is -5.91. The molecule has 0 aliphatic rings. The van der Waals surface area contributed by atoms with Crippen molar-refractivity contribution in [2.75, 3.05) is 0 Å². The average Bonchev–Trinajstić information content (AvgIpc) is 2.51. The molecule has 1 N–H and O–H groups in total. The molecule has 0 saturated heterocycles. The number of esters is 1. The van der Waals surface area contributed by atoms with Gasteiger partial charge < -0.3 is 9.47 Å². The maximum atomic E-state index is 13.1. The van der Waals surface area contributed by atoms with E-state index < -0.39 is 21.3 Å². The zero-order valence-corrected chi connectivity index (χ0v) is 15.5. The minimum absolute atomic E-state index is 0.333. The predicted molar refractivity (Wildman–Crippen MR) is 92.5 cm³/mol. The first-order valence-electron chi connectivity index (χ1n) is 6.62. The van der Waals surface area contributed by atoms with Crippen molar-refractivity contribution in [1.29, 1.82) is 0 Å². The Kier molecular flexibility index (Phi) is 5.64. The lowest BCUT2D eigenvalue weighted by atomic mass is 10.2. The third-order valence-corrected chi connectivity index (χ3v) is 4.64. The molecule has 0 unspecified atom stereocenters. The summed E-state index contributed by atoms with van der Waals surface area (Å²) in [6.07, 6.45) is 0. The molecule has 25 heavy (non-hydrogen) atoms. The molecule has 0 fully saturated rings. The van der Waals surface area contributed by atoms with Crippen molar-refractivity contribution < 1.29 is 36.0 Å². The summed E-state index contributed by atoms with van der Waals surface area (Å²) in [5.41, 5.74) is 0.884. The van der Waals surface area contributed by atoms with Crippen LogP contribution >= 0.6 is 22.6 Å². The first-order chi connectivity index (χ1) is 11.5. The summed E-state index contributed by atoms with van der Waals surface area (Å²) in [4.78, 5) is 11.2. The Hall–Kier alpha value is -1.79. The average molecular weight is 484 g/mol. The maximum Gasteiger partial charge on any atom is 0.466 e. The van der Waals surface area contributed by atoms with Gasteiger partial charge in [-0.3, -0.25) is 4.55 Å². The molecule has 0 aromatic heterocycles. The Labute approximate surface area is 155 Å². The minimum atomic E-state index is -5.91. The van der Waals surface area contributed by atoms with Gasteiger partial charge in [0.1, 0.15) is 17.2 Å². The van der Waals surface area contributed by atoms with Crippen LogP contribution in [-0.2, 0) is 14.9 Å². The zero-order chi connectivity index (χ0) is 18.8.